The molecule has 0 spiro atoms. The molecule has 1 N–H and O–H groups in total. The predicted molar refractivity (Wildman–Crippen MR) is 82.7 cm³/mol. The summed E-state index contributed by atoms with van der Waals surface area (Å²) in [4.78, 5) is 35.9. The highest BCUT2D eigenvalue weighted by Crippen LogP contribution is 2.14. The summed E-state index contributed by atoms with van der Waals surface area (Å²) in [6.07, 6.45) is 0. The predicted octanol–water partition coefficient (Wildman–Crippen LogP) is 1.85. The summed E-state index contributed by atoms with van der Waals surface area (Å²) in [5.74, 6) is -3.34. The van der Waals surface area contributed by atoms with Crippen molar-refractivity contribution in [2.75, 3.05) is 11.4 Å². The zero-order valence-electron chi connectivity index (χ0n) is 12.2. The molecular weight excluding hydrogens is 298 g/mol. The number of carboxylic acid groups (broad SMARTS) is 1. The smallest absolute Gasteiger partial charge is 0.397 e. The maximum absolute atomic E-state index is 12.2. The number of benzene rings is 2. The topological polar surface area (TPSA) is 83.9 Å². The highest BCUT2D eigenvalue weighted by atomic mass is 16.5. The fourth-order valence-corrected chi connectivity index (χ4v) is 1.92. The van der Waals surface area contributed by atoms with E-state index in [1.165, 1.54) is 0 Å². The van der Waals surface area contributed by atoms with Gasteiger partial charge in [0.1, 0.15) is 13.2 Å². The molecule has 0 aliphatic rings. The van der Waals surface area contributed by atoms with Gasteiger partial charge in [-0.1, -0.05) is 48.5 Å². The Hall–Kier alpha value is -3.15. The Balaban J connectivity index is 2.07. The second-order valence-electron chi connectivity index (χ2n) is 4.68. The number of amides is 1. The molecule has 2 aromatic carbocycles. The highest BCUT2D eigenvalue weighted by Gasteiger charge is 2.26. The van der Waals surface area contributed by atoms with Crippen molar-refractivity contribution in [1.82, 2.24) is 0 Å². The first-order valence-corrected chi connectivity index (χ1v) is 6.87. The van der Waals surface area contributed by atoms with Gasteiger partial charge in [0, 0.05) is 5.69 Å². The van der Waals surface area contributed by atoms with E-state index in [9.17, 15) is 14.4 Å². The molecule has 118 valence electrons. The molecule has 0 unspecified atom stereocenters. The van der Waals surface area contributed by atoms with Crippen LogP contribution in [-0.4, -0.2) is 29.5 Å². The average molecular weight is 313 g/mol. The van der Waals surface area contributed by atoms with Crippen molar-refractivity contribution in [3.05, 3.63) is 66.2 Å². The van der Waals surface area contributed by atoms with Crippen LogP contribution < -0.4 is 4.90 Å². The molecule has 0 atom stereocenters. The number of anilines is 1. The van der Waals surface area contributed by atoms with Crippen molar-refractivity contribution in [3.8, 4) is 0 Å². The van der Waals surface area contributed by atoms with Crippen LogP contribution in [0.2, 0.25) is 0 Å². The van der Waals surface area contributed by atoms with Crippen LogP contribution in [0.15, 0.2) is 60.7 Å². The van der Waals surface area contributed by atoms with E-state index in [4.69, 9.17) is 9.84 Å². The summed E-state index contributed by atoms with van der Waals surface area (Å²) in [5, 5.41) is 8.94. The van der Waals surface area contributed by atoms with E-state index in [2.05, 4.69) is 0 Å². The Bertz CT molecular complexity index is 685. The van der Waals surface area contributed by atoms with Crippen LogP contribution >= 0.6 is 0 Å². The molecular formula is C17H15NO5. The molecule has 0 saturated carbocycles. The van der Waals surface area contributed by atoms with Crippen LogP contribution in [-0.2, 0) is 25.7 Å². The number of carbonyl (C=O) groups is 3. The molecule has 0 bridgehead atoms. The normalized spacial score (nSPS) is 9.91. The lowest BCUT2D eigenvalue weighted by molar-refractivity contribution is -0.154. The quantitative estimate of drug-likeness (QED) is 0.672. The molecule has 6 nitrogen and oxygen atoms in total. The number of ether oxygens (including phenoxy) is 1. The molecule has 23 heavy (non-hydrogen) atoms. The third-order valence-electron chi connectivity index (χ3n) is 2.99. The number of hydrogen-bond acceptors (Lipinski definition) is 4. The zero-order chi connectivity index (χ0) is 16.7. The number of para-hydroxylation sites is 1. The summed E-state index contributed by atoms with van der Waals surface area (Å²) in [6, 6.07) is 17.0. The van der Waals surface area contributed by atoms with Gasteiger partial charge in [0.25, 0.3) is 0 Å². The van der Waals surface area contributed by atoms with Crippen LogP contribution in [0.5, 0.6) is 0 Å². The maximum atomic E-state index is 12.2. The summed E-state index contributed by atoms with van der Waals surface area (Å²) in [5.41, 5.74) is 1.05. The monoisotopic (exact) mass is 313 g/mol. The third kappa shape index (κ3) is 4.67. The van der Waals surface area contributed by atoms with Gasteiger partial charge in [-0.25, -0.2) is 4.79 Å². The van der Waals surface area contributed by atoms with Crippen LogP contribution in [0.4, 0.5) is 5.69 Å². The van der Waals surface area contributed by atoms with E-state index < -0.39 is 24.4 Å². The first kappa shape index (κ1) is 16.2. The van der Waals surface area contributed by atoms with E-state index in [1.54, 1.807) is 54.6 Å². The third-order valence-corrected chi connectivity index (χ3v) is 2.99. The number of carbonyl (C=O) groups excluding carboxylic acids is 2. The number of carboxylic acids is 1. The first-order valence-electron chi connectivity index (χ1n) is 6.87. The van der Waals surface area contributed by atoms with Crippen LogP contribution in [0.3, 0.4) is 0 Å². The summed E-state index contributed by atoms with van der Waals surface area (Å²) < 4.78 is 4.95. The van der Waals surface area contributed by atoms with Gasteiger partial charge in [0.2, 0.25) is 0 Å². The van der Waals surface area contributed by atoms with Gasteiger partial charge < -0.3 is 9.84 Å². The Kier molecular flexibility index (Phi) is 5.46. The maximum Gasteiger partial charge on any atom is 0.397 e. The Morgan fingerprint density at radius 3 is 2.04 bits per heavy atom. The van der Waals surface area contributed by atoms with Gasteiger partial charge in [-0.05, 0) is 17.7 Å². The Labute approximate surface area is 132 Å². The second kappa shape index (κ2) is 7.74. The lowest BCUT2D eigenvalue weighted by Gasteiger charge is -2.19. The lowest BCUT2D eigenvalue weighted by Crippen LogP contribution is -2.41. The molecule has 0 aromatic heterocycles. The van der Waals surface area contributed by atoms with Crippen molar-refractivity contribution in [1.29, 1.82) is 0 Å². The van der Waals surface area contributed by atoms with Crippen molar-refractivity contribution in [2.24, 2.45) is 0 Å². The van der Waals surface area contributed by atoms with Gasteiger partial charge in [0.05, 0.1) is 0 Å². The molecule has 2 rings (SSSR count). The van der Waals surface area contributed by atoms with Crippen LogP contribution in [0.1, 0.15) is 5.56 Å². The molecule has 1 amide bonds. The molecule has 2 aromatic rings. The van der Waals surface area contributed by atoms with E-state index in [0.717, 1.165) is 10.5 Å². The Morgan fingerprint density at radius 1 is 0.913 bits per heavy atom. The minimum Gasteiger partial charge on any atom is -0.480 e. The molecule has 0 aliphatic heterocycles. The first-order chi connectivity index (χ1) is 11.1. The molecule has 6 heteroatoms. The number of aliphatic carboxylic acids is 1. The van der Waals surface area contributed by atoms with Crippen molar-refractivity contribution >= 4 is 23.5 Å². The average Bonchev–Trinajstić information content (AvgIpc) is 2.58. The molecule has 0 saturated heterocycles. The van der Waals surface area contributed by atoms with Crippen molar-refractivity contribution in [3.63, 3.8) is 0 Å². The number of esters is 1. The van der Waals surface area contributed by atoms with E-state index in [-0.39, 0.29) is 6.61 Å². The molecule has 0 radical (unpaired) electrons. The zero-order valence-corrected chi connectivity index (χ0v) is 12.2. The molecule has 0 heterocycles. The number of nitrogens with zero attached hydrogens (tertiary/aromatic N) is 1. The van der Waals surface area contributed by atoms with E-state index >= 15 is 0 Å². The fourth-order valence-electron chi connectivity index (χ4n) is 1.92. The fraction of sp³-hybridized carbons (Fsp3) is 0.118. The van der Waals surface area contributed by atoms with Gasteiger partial charge in [-0.15, -0.1) is 0 Å². The second-order valence-corrected chi connectivity index (χ2v) is 4.68. The van der Waals surface area contributed by atoms with Crippen LogP contribution in [0, 0.1) is 0 Å². The van der Waals surface area contributed by atoms with Gasteiger partial charge in [-0.3, -0.25) is 14.5 Å². The Morgan fingerprint density at radius 2 is 1.48 bits per heavy atom. The molecule has 0 aliphatic carbocycles. The van der Waals surface area contributed by atoms with Crippen molar-refractivity contribution in [2.45, 2.75) is 6.61 Å². The van der Waals surface area contributed by atoms with Gasteiger partial charge in [-0.2, -0.15) is 0 Å². The van der Waals surface area contributed by atoms with Gasteiger partial charge in [0.15, 0.2) is 0 Å². The van der Waals surface area contributed by atoms with Crippen molar-refractivity contribution < 1.29 is 24.2 Å². The summed E-state index contributed by atoms with van der Waals surface area (Å²) in [6.45, 7) is -0.676. The van der Waals surface area contributed by atoms with E-state index in [0.29, 0.717) is 5.69 Å². The largest absolute Gasteiger partial charge is 0.480 e. The SMILES string of the molecule is O=C(O)CN(C(=O)C(=O)OCc1ccccc1)c1ccccc1. The highest BCUT2D eigenvalue weighted by molar-refractivity contribution is 6.38. The summed E-state index contributed by atoms with van der Waals surface area (Å²) >= 11 is 0. The standard InChI is InChI=1S/C17H15NO5/c19-15(20)11-18(14-9-5-2-6-10-14)16(21)17(22)23-12-13-7-3-1-4-8-13/h1-10H,11-12H2,(H,19,20). The minimum atomic E-state index is -1.22. The summed E-state index contributed by atoms with van der Waals surface area (Å²) in [7, 11) is 0. The van der Waals surface area contributed by atoms with Crippen LogP contribution in [0.25, 0.3) is 0 Å². The number of rotatable bonds is 5. The minimum absolute atomic E-state index is 0.0544. The van der Waals surface area contributed by atoms with E-state index in [1.807, 2.05) is 6.07 Å². The van der Waals surface area contributed by atoms with Gasteiger partial charge >= 0.3 is 17.8 Å². The molecule has 0 fully saturated rings. The lowest BCUT2D eigenvalue weighted by atomic mass is 10.2. The number of hydrogen-bond donors (Lipinski definition) is 1.